The fraction of sp³-hybridized carbons (Fsp3) is 0.143. The summed E-state index contributed by atoms with van der Waals surface area (Å²) in [6.07, 6.45) is 0. The summed E-state index contributed by atoms with van der Waals surface area (Å²) in [6, 6.07) is 16.5. The Hall–Kier alpha value is -1.41. The van der Waals surface area contributed by atoms with Gasteiger partial charge in [-0.05, 0) is 29.0 Å². The Morgan fingerprint density at radius 3 is 2.50 bits per heavy atom. The van der Waals surface area contributed by atoms with Crippen molar-refractivity contribution in [2.75, 3.05) is 11.5 Å². The molecule has 2 heteroatoms. The molecule has 0 fully saturated rings. The molecule has 0 heterocycles. The van der Waals surface area contributed by atoms with E-state index in [2.05, 4.69) is 43.3 Å². The average Bonchev–Trinajstić information content (AvgIpc) is 2.31. The van der Waals surface area contributed by atoms with Crippen LogP contribution in [0.5, 0.6) is 0 Å². The van der Waals surface area contributed by atoms with E-state index >= 15 is 0 Å². The van der Waals surface area contributed by atoms with Crippen LogP contribution in [0.1, 0.15) is 6.92 Å². The Balaban J connectivity index is 2.48. The zero-order valence-corrected chi connectivity index (χ0v) is 10.1. The highest BCUT2D eigenvalue weighted by atomic mass is 32.2. The van der Waals surface area contributed by atoms with Crippen LogP contribution in [0.2, 0.25) is 0 Å². The molecule has 0 amide bonds. The molecule has 0 saturated heterocycles. The number of rotatable bonds is 3. The van der Waals surface area contributed by atoms with Gasteiger partial charge in [-0.1, -0.05) is 43.3 Å². The number of anilines is 1. The van der Waals surface area contributed by atoms with Crippen LogP contribution in [-0.4, -0.2) is 5.75 Å². The summed E-state index contributed by atoms with van der Waals surface area (Å²) in [7, 11) is 0. The molecule has 0 aliphatic rings. The molecule has 0 atom stereocenters. The topological polar surface area (TPSA) is 26.0 Å². The standard InChI is InChI=1S/C14H15NS/c1-2-16-14-10-12(15)8-9-13(14)11-6-4-3-5-7-11/h3-10H,2,15H2,1H3. The maximum Gasteiger partial charge on any atom is 0.0325 e. The van der Waals surface area contributed by atoms with Gasteiger partial charge in [0.2, 0.25) is 0 Å². The molecule has 0 aromatic heterocycles. The zero-order valence-electron chi connectivity index (χ0n) is 9.31. The normalized spacial score (nSPS) is 10.3. The van der Waals surface area contributed by atoms with E-state index in [-0.39, 0.29) is 0 Å². The van der Waals surface area contributed by atoms with Crippen LogP contribution >= 0.6 is 11.8 Å². The highest BCUT2D eigenvalue weighted by Gasteiger charge is 2.04. The summed E-state index contributed by atoms with van der Waals surface area (Å²) in [6.45, 7) is 2.16. The van der Waals surface area contributed by atoms with Gasteiger partial charge in [-0.15, -0.1) is 11.8 Å². The van der Waals surface area contributed by atoms with E-state index in [1.807, 2.05) is 23.9 Å². The van der Waals surface area contributed by atoms with Gasteiger partial charge in [0, 0.05) is 10.6 Å². The van der Waals surface area contributed by atoms with E-state index in [0.717, 1.165) is 11.4 Å². The first-order valence-corrected chi connectivity index (χ1v) is 6.37. The first kappa shape index (κ1) is 11.1. The van der Waals surface area contributed by atoms with Crippen LogP contribution in [0.15, 0.2) is 53.4 Å². The monoisotopic (exact) mass is 229 g/mol. The van der Waals surface area contributed by atoms with Gasteiger partial charge in [0.15, 0.2) is 0 Å². The van der Waals surface area contributed by atoms with Crippen LogP contribution in [0.4, 0.5) is 5.69 Å². The number of nitrogens with two attached hydrogens (primary N) is 1. The third-order valence-electron chi connectivity index (χ3n) is 2.39. The van der Waals surface area contributed by atoms with Crippen molar-refractivity contribution in [3.63, 3.8) is 0 Å². The number of hydrogen-bond donors (Lipinski definition) is 1. The quantitative estimate of drug-likeness (QED) is 0.634. The summed E-state index contributed by atoms with van der Waals surface area (Å²) in [4.78, 5) is 1.26. The lowest BCUT2D eigenvalue weighted by Crippen LogP contribution is -1.88. The minimum Gasteiger partial charge on any atom is -0.399 e. The van der Waals surface area contributed by atoms with Crippen molar-refractivity contribution < 1.29 is 0 Å². The molecule has 2 aromatic rings. The van der Waals surface area contributed by atoms with E-state index in [9.17, 15) is 0 Å². The lowest BCUT2D eigenvalue weighted by atomic mass is 10.1. The van der Waals surface area contributed by atoms with Gasteiger partial charge in [-0.25, -0.2) is 0 Å². The van der Waals surface area contributed by atoms with Crippen LogP contribution < -0.4 is 5.73 Å². The molecule has 0 bridgehead atoms. The molecule has 82 valence electrons. The van der Waals surface area contributed by atoms with E-state index < -0.39 is 0 Å². The van der Waals surface area contributed by atoms with Crippen LogP contribution in [-0.2, 0) is 0 Å². The summed E-state index contributed by atoms with van der Waals surface area (Å²) in [5.41, 5.74) is 9.17. The molecule has 0 spiro atoms. The summed E-state index contributed by atoms with van der Waals surface area (Å²) >= 11 is 1.83. The second-order valence-electron chi connectivity index (χ2n) is 3.55. The van der Waals surface area contributed by atoms with E-state index in [0.29, 0.717) is 0 Å². The highest BCUT2D eigenvalue weighted by Crippen LogP contribution is 2.32. The Morgan fingerprint density at radius 2 is 1.81 bits per heavy atom. The van der Waals surface area contributed by atoms with Crippen molar-refractivity contribution in [3.05, 3.63) is 48.5 Å². The molecular weight excluding hydrogens is 214 g/mol. The van der Waals surface area contributed by atoms with Gasteiger partial charge in [-0.3, -0.25) is 0 Å². The van der Waals surface area contributed by atoms with Crippen molar-refractivity contribution in [3.8, 4) is 11.1 Å². The predicted octanol–water partition coefficient (Wildman–Crippen LogP) is 4.05. The largest absolute Gasteiger partial charge is 0.399 e. The van der Waals surface area contributed by atoms with Crippen molar-refractivity contribution in [2.24, 2.45) is 0 Å². The summed E-state index contributed by atoms with van der Waals surface area (Å²) in [5.74, 6) is 1.06. The van der Waals surface area contributed by atoms with Crippen LogP contribution in [0.3, 0.4) is 0 Å². The molecule has 0 aliphatic carbocycles. The van der Waals surface area contributed by atoms with Crippen molar-refractivity contribution >= 4 is 17.4 Å². The zero-order chi connectivity index (χ0) is 11.4. The van der Waals surface area contributed by atoms with Crippen LogP contribution in [0.25, 0.3) is 11.1 Å². The van der Waals surface area contributed by atoms with Crippen molar-refractivity contribution in [1.82, 2.24) is 0 Å². The molecule has 16 heavy (non-hydrogen) atoms. The third-order valence-corrected chi connectivity index (χ3v) is 3.33. The lowest BCUT2D eigenvalue weighted by molar-refractivity contribution is 1.42. The van der Waals surface area contributed by atoms with Crippen molar-refractivity contribution in [1.29, 1.82) is 0 Å². The fourth-order valence-corrected chi connectivity index (χ4v) is 2.54. The van der Waals surface area contributed by atoms with Crippen LogP contribution in [0, 0.1) is 0 Å². The maximum absolute atomic E-state index is 5.82. The average molecular weight is 229 g/mol. The second-order valence-corrected chi connectivity index (χ2v) is 4.86. The Kier molecular flexibility index (Phi) is 3.52. The highest BCUT2D eigenvalue weighted by molar-refractivity contribution is 7.99. The number of benzene rings is 2. The molecule has 2 N–H and O–H groups in total. The fourth-order valence-electron chi connectivity index (χ4n) is 1.67. The molecule has 2 rings (SSSR count). The van der Waals surface area contributed by atoms with Gasteiger partial charge < -0.3 is 5.73 Å². The molecule has 0 aliphatic heterocycles. The van der Waals surface area contributed by atoms with E-state index in [4.69, 9.17) is 5.73 Å². The van der Waals surface area contributed by atoms with Gasteiger partial charge in [-0.2, -0.15) is 0 Å². The SMILES string of the molecule is CCSc1cc(N)ccc1-c1ccccc1. The Morgan fingerprint density at radius 1 is 1.06 bits per heavy atom. The lowest BCUT2D eigenvalue weighted by Gasteiger charge is -2.09. The molecule has 1 nitrogen and oxygen atoms in total. The molecular formula is C14H15NS. The summed E-state index contributed by atoms with van der Waals surface area (Å²) < 4.78 is 0. The summed E-state index contributed by atoms with van der Waals surface area (Å²) in [5, 5.41) is 0. The predicted molar refractivity (Wildman–Crippen MR) is 72.7 cm³/mol. The molecule has 0 radical (unpaired) electrons. The maximum atomic E-state index is 5.82. The number of nitrogen functional groups attached to an aromatic ring is 1. The van der Waals surface area contributed by atoms with Gasteiger partial charge in [0.05, 0.1) is 0 Å². The minimum absolute atomic E-state index is 0.829. The minimum atomic E-state index is 0.829. The Bertz CT molecular complexity index is 465. The van der Waals surface area contributed by atoms with Gasteiger partial charge in [0.25, 0.3) is 0 Å². The smallest absolute Gasteiger partial charge is 0.0325 e. The molecule has 0 saturated carbocycles. The molecule has 2 aromatic carbocycles. The first-order valence-electron chi connectivity index (χ1n) is 5.39. The van der Waals surface area contributed by atoms with Crippen molar-refractivity contribution in [2.45, 2.75) is 11.8 Å². The first-order chi connectivity index (χ1) is 7.81. The number of hydrogen-bond acceptors (Lipinski definition) is 2. The third kappa shape index (κ3) is 2.39. The van der Waals surface area contributed by atoms with E-state index in [1.165, 1.54) is 16.0 Å². The van der Waals surface area contributed by atoms with Gasteiger partial charge >= 0.3 is 0 Å². The van der Waals surface area contributed by atoms with Gasteiger partial charge in [0.1, 0.15) is 0 Å². The molecule has 0 unspecified atom stereocenters. The van der Waals surface area contributed by atoms with E-state index in [1.54, 1.807) is 0 Å². The second kappa shape index (κ2) is 5.08. The Labute approximate surface area is 101 Å². The number of thioether (sulfide) groups is 1.